The summed E-state index contributed by atoms with van der Waals surface area (Å²) in [4.78, 5) is 0. The summed E-state index contributed by atoms with van der Waals surface area (Å²) in [6, 6.07) is 0. The molecule has 29 N–H and O–H groups in total. The van der Waals surface area contributed by atoms with Gasteiger partial charge in [0.25, 0.3) is 0 Å². The summed E-state index contributed by atoms with van der Waals surface area (Å²) in [5.41, 5.74) is 0. The zero-order chi connectivity index (χ0) is 73.4. The summed E-state index contributed by atoms with van der Waals surface area (Å²) in [6.45, 7) is -9.52. The van der Waals surface area contributed by atoms with Gasteiger partial charge in [-0.1, -0.05) is 0 Å². The van der Waals surface area contributed by atoms with Crippen molar-refractivity contribution in [1.82, 2.24) is 0 Å². The lowest BCUT2D eigenvalue weighted by atomic mass is 9.95. The van der Waals surface area contributed by atoms with Gasteiger partial charge in [-0.2, -0.15) is 0 Å². The number of ether oxygens (including phenoxy) is 17. The van der Waals surface area contributed by atoms with Crippen molar-refractivity contribution in [3.8, 4) is 0 Å². The van der Waals surface area contributed by atoms with E-state index in [9.17, 15) is 148 Å². The molecule has 584 valence electrons. The predicted molar refractivity (Wildman–Crippen MR) is 297 cm³/mol. The van der Waals surface area contributed by atoms with E-state index in [2.05, 4.69) is 0 Å². The average Bonchev–Trinajstić information content (AvgIpc) is 0.781. The third-order valence-electron chi connectivity index (χ3n) is 18.7. The topological polar surface area (TPSA) is 744 Å². The highest BCUT2D eigenvalue weighted by Gasteiger charge is 2.60. The van der Waals surface area contributed by atoms with Gasteiger partial charge < -0.3 is 229 Å². The minimum absolute atomic E-state index is 0.965. The summed E-state index contributed by atoms with van der Waals surface area (Å²) in [6.07, 6.45) is -94.6. The summed E-state index contributed by atoms with van der Waals surface area (Å²) in [5.74, 6) is 0. The van der Waals surface area contributed by atoms with Gasteiger partial charge in [0.1, 0.15) is 220 Å². The highest BCUT2D eigenvalue weighted by molar-refractivity contribution is 5.02. The van der Waals surface area contributed by atoms with Gasteiger partial charge >= 0.3 is 0 Å². The summed E-state index contributed by atoms with van der Waals surface area (Å²) < 4.78 is 97.2. The van der Waals surface area contributed by atoms with Gasteiger partial charge in [0, 0.05) is 0 Å². The Morgan fingerprint density at radius 3 is 0.700 bits per heavy atom. The minimum Gasteiger partial charge on any atom is -0.394 e. The second kappa shape index (κ2) is 35.5. The van der Waals surface area contributed by atoms with Crippen molar-refractivity contribution in [3.63, 3.8) is 0 Å². The second-order valence-corrected chi connectivity index (χ2v) is 25.3. The molecule has 9 saturated heterocycles. The van der Waals surface area contributed by atoms with E-state index in [-0.39, 0.29) is 0 Å². The smallest absolute Gasteiger partial charge is 0.187 e. The number of aliphatic hydroxyl groups excluding tert-OH is 29. The van der Waals surface area contributed by atoms with E-state index in [4.69, 9.17) is 80.5 Å². The van der Waals surface area contributed by atoms with Crippen LogP contribution in [0.2, 0.25) is 0 Å². The van der Waals surface area contributed by atoms with Crippen molar-refractivity contribution in [2.45, 2.75) is 276 Å². The molecular formula is C54H92O46. The maximum atomic E-state index is 12.2. The Labute approximate surface area is 563 Å². The molecule has 0 spiro atoms. The minimum atomic E-state index is -2.44. The molecule has 9 heterocycles. The van der Waals surface area contributed by atoms with Gasteiger partial charge in [-0.15, -0.1) is 0 Å². The van der Waals surface area contributed by atoms with Gasteiger partial charge in [-0.3, -0.25) is 0 Å². The van der Waals surface area contributed by atoms with E-state index in [0.29, 0.717) is 0 Å². The lowest BCUT2D eigenvalue weighted by molar-refractivity contribution is -0.404. The lowest BCUT2D eigenvalue weighted by Gasteiger charge is -2.50. The van der Waals surface area contributed by atoms with Crippen LogP contribution in [0.4, 0.5) is 0 Å². The molecule has 100 heavy (non-hydrogen) atoms. The van der Waals surface area contributed by atoms with E-state index < -0.39 is 336 Å². The van der Waals surface area contributed by atoms with Crippen LogP contribution >= 0.6 is 0 Å². The number of rotatable bonds is 25. The average molecular weight is 1480 g/mol. The molecule has 0 amide bonds. The Balaban J connectivity index is 0.987. The summed E-state index contributed by atoms with van der Waals surface area (Å²) in [7, 11) is 0. The highest BCUT2D eigenvalue weighted by atomic mass is 16.8. The van der Waals surface area contributed by atoms with Gasteiger partial charge in [0.15, 0.2) is 56.6 Å². The largest absolute Gasteiger partial charge is 0.394 e. The molecule has 0 aliphatic carbocycles. The quantitative estimate of drug-likeness (QED) is 0.0404. The third kappa shape index (κ3) is 17.0. The molecule has 9 aliphatic rings. The summed E-state index contributed by atoms with van der Waals surface area (Å²) in [5, 5.41) is 314. The van der Waals surface area contributed by atoms with Gasteiger partial charge in [0.2, 0.25) is 0 Å². The molecule has 0 saturated carbocycles. The van der Waals surface area contributed by atoms with E-state index >= 15 is 0 Å². The van der Waals surface area contributed by atoms with Crippen molar-refractivity contribution in [2.24, 2.45) is 0 Å². The fraction of sp³-hybridized carbons (Fsp3) is 1.00. The summed E-state index contributed by atoms with van der Waals surface area (Å²) >= 11 is 0. The molecule has 9 rings (SSSR count). The lowest BCUT2D eigenvalue weighted by Crippen LogP contribution is -2.68. The Bertz CT molecular complexity index is 2450. The molecule has 0 bridgehead atoms. The fourth-order valence-corrected chi connectivity index (χ4v) is 12.7. The van der Waals surface area contributed by atoms with Crippen LogP contribution in [-0.4, -0.2) is 484 Å². The standard InChI is InChI=1S/C54H92O46/c55-1-10-19(62)28(71)35(78)48(87-10)97-42-31(74)22(65)13(4-58)90-51(42)85-9-18-27(70)41(96-52-43(32(75)23(66)14(5-59)91-52)98-49-36(79)29(72)20(63)11(2-56)88-49)39(82)47(94-18)84-8-17-26(69)40(38(81)46(83)86-17)95-53-45(34(77)25(68)15(6-60)92-53)100-54-44(33(76)24(67)16(7-61)93-54)99-50-37(80)30(73)21(64)12(3-57)89-50/h10-83H,1-9H2/t10?,11-,12-,13?,14-,15-,16-,17?,18?,19+,20+,21+,22+,23+,24+,25+,26+,27+,28-,29?,30?,31-,32?,33?,34?,35?,36?,37?,38?,39?,40-,41-,42?,43?,44?,45?,46+,47-,48+,49+,50+,51-,52+,53+,54+/m0/s1. The maximum Gasteiger partial charge on any atom is 0.187 e. The molecule has 18 unspecified atom stereocenters. The first-order chi connectivity index (χ1) is 47.4. The molecule has 0 aromatic rings. The van der Waals surface area contributed by atoms with Gasteiger partial charge in [-0.05, 0) is 0 Å². The Morgan fingerprint density at radius 1 is 0.170 bits per heavy atom. The Kier molecular flexibility index (Phi) is 29.2. The Morgan fingerprint density at radius 2 is 0.390 bits per heavy atom. The van der Waals surface area contributed by atoms with Crippen LogP contribution in [0.3, 0.4) is 0 Å². The van der Waals surface area contributed by atoms with Crippen molar-refractivity contribution in [3.05, 3.63) is 0 Å². The van der Waals surface area contributed by atoms with Crippen molar-refractivity contribution >= 4 is 0 Å². The molecule has 0 aromatic carbocycles. The van der Waals surface area contributed by atoms with Crippen LogP contribution < -0.4 is 0 Å². The van der Waals surface area contributed by atoms with E-state index in [0.717, 1.165) is 0 Å². The Hall–Kier alpha value is -1.84. The first-order valence-corrected chi connectivity index (χ1v) is 31.7. The first kappa shape index (κ1) is 82.2. The molecule has 46 nitrogen and oxygen atoms in total. The van der Waals surface area contributed by atoms with E-state index in [1.54, 1.807) is 0 Å². The zero-order valence-corrected chi connectivity index (χ0v) is 52.3. The monoisotopic (exact) mass is 1480 g/mol. The van der Waals surface area contributed by atoms with E-state index in [1.807, 2.05) is 0 Å². The fourth-order valence-electron chi connectivity index (χ4n) is 12.7. The van der Waals surface area contributed by atoms with Crippen LogP contribution in [0.15, 0.2) is 0 Å². The first-order valence-electron chi connectivity index (χ1n) is 31.7. The predicted octanol–water partition coefficient (Wildman–Crippen LogP) is -20.6. The number of hydrogen-bond acceptors (Lipinski definition) is 46. The van der Waals surface area contributed by atoms with Crippen LogP contribution in [0.25, 0.3) is 0 Å². The van der Waals surface area contributed by atoms with Crippen LogP contribution in [-0.2, 0) is 80.5 Å². The molecule has 46 heteroatoms. The highest BCUT2D eigenvalue weighted by Crippen LogP contribution is 2.39. The molecule has 9 fully saturated rings. The second-order valence-electron chi connectivity index (χ2n) is 25.3. The van der Waals surface area contributed by atoms with Crippen LogP contribution in [0.1, 0.15) is 0 Å². The van der Waals surface area contributed by atoms with E-state index in [1.165, 1.54) is 0 Å². The van der Waals surface area contributed by atoms with Crippen LogP contribution in [0, 0.1) is 0 Å². The number of aliphatic hydroxyl groups is 29. The van der Waals surface area contributed by atoms with Crippen molar-refractivity contribution in [2.75, 3.05) is 59.5 Å². The SMILES string of the molecule is OCC1O[C@H](OC2[C@@H](OCC3O[C@H](OCC4O[C@@H](O)C(O)[C@@H](O[C@H]5O[C@@H](CO)[C@@H](O)C(O)C5O[C@H]5O[C@@H](CO)[C@@H](O)C(O)C5O[C@H]5O[C@@H](CO)[C@@H](O)C(O)C5O)[C@@H]4O)C(O)[C@@H](O[C@H]4O[C@@H](CO)[C@@H](O)C(O)C4O[C@H]4O[C@@H](CO)[C@@H](O)C(O)C4O)[C@@H]3O)OC(CO)[C@@H](O)[C@@H]2O)C(O)[C@@H](O)[C@@H]1O. The van der Waals surface area contributed by atoms with Crippen LogP contribution in [0.5, 0.6) is 0 Å². The zero-order valence-electron chi connectivity index (χ0n) is 52.3. The molecule has 9 aliphatic heterocycles. The maximum absolute atomic E-state index is 12.2. The molecule has 45 atom stereocenters. The molecular weight excluding hydrogens is 1380 g/mol. The molecule has 0 aromatic heterocycles. The van der Waals surface area contributed by atoms with Gasteiger partial charge in [0.05, 0.1) is 59.5 Å². The van der Waals surface area contributed by atoms with Gasteiger partial charge in [-0.25, -0.2) is 0 Å². The normalized spacial score (nSPS) is 53.7. The van der Waals surface area contributed by atoms with Crippen molar-refractivity contribution < 1.29 is 229 Å². The van der Waals surface area contributed by atoms with Crippen molar-refractivity contribution in [1.29, 1.82) is 0 Å². The third-order valence-corrected chi connectivity index (χ3v) is 18.7. The molecule has 0 radical (unpaired) electrons. The number of hydrogen-bond donors (Lipinski definition) is 29.